The molecule has 1 aromatic rings. The quantitative estimate of drug-likeness (QED) is 0.703. The number of fused-ring (bicyclic) bond motifs is 1. The zero-order valence-electron chi connectivity index (χ0n) is 11.1. The fourth-order valence-electron chi connectivity index (χ4n) is 2.89. The van der Waals surface area contributed by atoms with Crippen molar-refractivity contribution in [2.24, 2.45) is 0 Å². The molecule has 104 valence electrons. The van der Waals surface area contributed by atoms with Crippen LogP contribution in [0.2, 0.25) is 0 Å². The summed E-state index contributed by atoms with van der Waals surface area (Å²) in [6.45, 7) is 5.68. The second-order valence-electron chi connectivity index (χ2n) is 5.19. The molecule has 0 spiro atoms. The number of carbonyl (C=O) groups is 1. The molecule has 0 aromatic carbocycles. The lowest BCUT2D eigenvalue weighted by atomic mass is 9.99. The van der Waals surface area contributed by atoms with E-state index in [1.807, 2.05) is 4.90 Å². The molecule has 2 aliphatic rings. The van der Waals surface area contributed by atoms with Gasteiger partial charge >= 0.3 is 0 Å². The third-order valence-electron chi connectivity index (χ3n) is 4.02. The summed E-state index contributed by atoms with van der Waals surface area (Å²) in [6.07, 6.45) is 2.12. The predicted molar refractivity (Wildman–Crippen MR) is 78.8 cm³/mol. The van der Waals surface area contributed by atoms with Crippen molar-refractivity contribution in [2.75, 3.05) is 19.8 Å². The number of hydrogen-bond donors (Lipinski definition) is 0. The van der Waals surface area contributed by atoms with E-state index in [9.17, 15) is 4.79 Å². The van der Waals surface area contributed by atoms with Crippen LogP contribution in [0.5, 0.6) is 0 Å². The zero-order chi connectivity index (χ0) is 13.4. The Labute approximate surface area is 126 Å². The van der Waals surface area contributed by atoms with Gasteiger partial charge in [0.15, 0.2) is 0 Å². The van der Waals surface area contributed by atoms with Crippen molar-refractivity contribution in [3.63, 3.8) is 0 Å². The van der Waals surface area contributed by atoms with E-state index in [0.29, 0.717) is 12.5 Å². The van der Waals surface area contributed by atoms with Gasteiger partial charge in [0, 0.05) is 39.1 Å². The topological polar surface area (TPSA) is 47.4 Å². The summed E-state index contributed by atoms with van der Waals surface area (Å²) in [5.74, 6) is 1.86. The Hall–Kier alpha value is -0.630. The molecule has 0 unspecified atom stereocenters. The standard InChI is InChI=1S/C13H18IN3O2/c1-9(18)16-4-5-17-11(8-16)12(14)15-13(17)10-2-6-19-7-3-10/h10H,2-8H2,1H3. The summed E-state index contributed by atoms with van der Waals surface area (Å²) in [7, 11) is 0. The molecule has 1 aromatic heterocycles. The molecular formula is C13H18IN3O2. The van der Waals surface area contributed by atoms with Crippen LogP contribution in [0, 0.1) is 3.70 Å². The van der Waals surface area contributed by atoms with Crippen LogP contribution in [0.1, 0.15) is 37.2 Å². The van der Waals surface area contributed by atoms with Gasteiger partial charge in [-0.1, -0.05) is 0 Å². The Morgan fingerprint density at radius 2 is 2.11 bits per heavy atom. The smallest absolute Gasteiger partial charge is 0.219 e. The van der Waals surface area contributed by atoms with Gasteiger partial charge in [0.25, 0.3) is 0 Å². The van der Waals surface area contributed by atoms with Gasteiger partial charge in [-0.05, 0) is 35.4 Å². The molecule has 0 atom stereocenters. The van der Waals surface area contributed by atoms with Crippen molar-refractivity contribution in [1.29, 1.82) is 0 Å². The molecular weight excluding hydrogens is 357 g/mol. The highest BCUT2D eigenvalue weighted by Crippen LogP contribution is 2.30. The Balaban J connectivity index is 1.89. The average molecular weight is 375 g/mol. The van der Waals surface area contributed by atoms with Crippen molar-refractivity contribution in [1.82, 2.24) is 14.5 Å². The maximum Gasteiger partial charge on any atom is 0.219 e. The van der Waals surface area contributed by atoms with Gasteiger partial charge in [-0.2, -0.15) is 0 Å². The minimum Gasteiger partial charge on any atom is -0.381 e. The molecule has 0 N–H and O–H groups in total. The highest BCUT2D eigenvalue weighted by molar-refractivity contribution is 14.1. The SMILES string of the molecule is CC(=O)N1CCn2c(C3CCOCC3)nc(I)c2C1. The van der Waals surface area contributed by atoms with Gasteiger partial charge in [0.05, 0.1) is 12.2 Å². The summed E-state index contributed by atoms with van der Waals surface area (Å²) in [6, 6.07) is 0. The number of amides is 1. The summed E-state index contributed by atoms with van der Waals surface area (Å²) < 4.78 is 8.81. The first-order chi connectivity index (χ1) is 9.16. The number of ether oxygens (including phenoxy) is 1. The number of nitrogens with zero attached hydrogens (tertiary/aromatic N) is 3. The first kappa shape index (κ1) is 13.4. The van der Waals surface area contributed by atoms with E-state index >= 15 is 0 Å². The van der Waals surface area contributed by atoms with Crippen LogP contribution < -0.4 is 0 Å². The summed E-state index contributed by atoms with van der Waals surface area (Å²) >= 11 is 2.29. The van der Waals surface area contributed by atoms with Gasteiger partial charge in [-0.3, -0.25) is 4.79 Å². The number of hydrogen-bond acceptors (Lipinski definition) is 3. The Morgan fingerprint density at radius 3 is 2.79 bits per heavy atom. The monoisotopic (exact) mass is 375 g/mol. The van der Waals surface area contributed by atoms with Crippen molar-refractivity contribution in [3.8, 4) is 0 Å². The molecule has 19 heavy (non-hydrogen) atoms. The Bertz CT molecular complexity index is 494. The fourth-order valence-corrected chi connectivity index (χ4v) is 3.60. The first-order valence-electron chi connectivity index (χ1n) is 6.75. The molecule has 6 heteroatoms. The van der Waals surface area contributed by atoms with E-state index in [4.69, 9.17) is 9.72 Å². The predicted octanol–water partition coefficient (Wildman–Crippen LogP) is 1.74. The van der Waals surface area contributed by atoms with Gasteiger partial charge in [0.2, 0.25) is 5.91 Å². The molecule has 5 nitrogen and oxygen atoms in total. The van der Waals surface area contributed by atoms with Crippen molar-refractivity contribution in [2.45, 2.75) is 38.8 Å². The van der Waals surface area contributed by atoms with E-state index in [1.54, 1.807) is 6.92 Å². The van der Waals surface area contributed by atoms with E-state index in [1.165, 1.54) is 11.5 Å². The largest absolute Gasteiger partial charge is 0.381 e. The number of aromatic nitrogens is 2. The van der Waals surface area contributed by atoms with E-state index in [0.717, 1.165) is 42.8 Å². The lowest BCUT2D eigenvalue weighted by molar-refractivity contribution is -0.130. The molecule has 0 saturated carbocycles. The van der Waals surface area contributed by atoms with Crippen LogP contribution in [0.25, 0.3) is 0 Å². The van der Waals surface area contributed by atoms with Crippen LogP contribution in [-0.2, 0) is 22.6 Å². The second-order valence-corrected chi connectivity index (χ2v) is 6.21. The van der Waals surface area contributed by atoms with Gasteiger partial charge in [-0.25, -0.2) is 4.98 Å². The second kappa shape index (κ2) is 5.40. The average Bonchev–Trinajstić information content (AvgIpc) is 2.77. The van der Waals surface area contributed by atoms with Gasteiger partial charge < -0.3 is 14.2 Å². The van der Waals surface area contributed by atoms with Gasteiger partial charge in [0.1, 0.15) is 9.53 Å². The first-order valence-corrected chi connectivity index (χ1v) is 7.82. The Kier molecular flexibility index (Phi) is 3.79. The maximum absolute atomic E-state index is 11.5. The summed E-state index contributed by atoms with van der Waals surface area (Å²) in [4.78, 5) is 18.2. The molecule has 2 aliphatic heterocycles. The van der Waals surface area contributed by atoms with Crippen LogP contribution in [0.15, 0.2) is 0 Å². The molecule has 0 bridgehead atoms. The zero-order valence-corrected chi connectivity index (χ0v) is 13.2. The highest BCUT2D eigenvalue weighted by atomic mass is 127. The summed E-state index contributed by atoms with van der Waals surface area (Å²) in [5.41, 5.74) is 1.20. The van der Waals surface area contributed by atoms with Crippen LogP contribution >= 0.6 is 22.6 Å². The molecule has 0 aliphatic carbocycles. The number of rotatable bonds is 1. The number of halogens is 1. The molecule has 1 fully saturated rings. The fraction of sp³-hybridized carbons (Fsp3) is 0.692. The van der Waals surface area contributed by atoms with Crippen LogP contribution in [-0.4, -0.2) is 40.1 Å². The van der Waals surface area contributed by atoms with Gasteiger partial charge in [-0.15, -0.1) is 0 Å². The lowest BCUT2D eigenvalue weighted by Crippen LogP contribution is -2.37. The van der Waals surface area contributed by atoms with E-state index < -0.39 is 0 Å². The van der Waals surface area contributed by atoms with Crippen molar-refractivity contribution in [3.05, 3.63) is 15.2 Å². The van der Waals surface area contributed by atoms with E-state index in [-0.39, 0.29) is 5.91 Å². The number of carbonyl (C=O) groups excluding carboxylic acids is 1. The van der Waals surface area contributed by atoms with Crippen LogP contribution in [0.4, 0.5) is 0 Å². The third kappa shape index (κ3) is 2.52. The lowest BCUT2D eigenvalue weighted by Gasteiger charge is -2.30. The normalized spacial score (nSPS) is 20.4. The van der Waals surface area contributed by atoms with Crippen LogP contribution in [0.3, 0.4) is 0 Å². The molecule has 3 rings (SSSR count). The summed E-state index contributed by atoms with van der Waals surface area (Å²) in [5, 5.41) is 0. The minimum atomic E-state index is 0.149. The maximum atomic E-state index is 11.5. The minimum absolute atomic E-state index is 0.149. The van der Waals surface area contributed by atoms with Crippen molar-refractivity contribution < 1.29 is 9.53 Å². The molecule has 1 amide bonds. The highest BCUT2D eigenvalue weighted by Gasteiger charge is 2.28. The Morgan fingerprint density at radius 1 is 1.37 bits per heavy atom. The molecule has 3 heterocycles. The molecule has 0 radical (unpaired) electrons. The molecule has 1 saturated heterocycles. The third-order valence-corrected chi connectivity index (χ3v) is 4.88. The van der Waals surface area contributed by atoms with Crippen molar-refractivity contribution >= 4 is 28.5 Å². The van der Waals surface area contributed by atoms with E-state index in [2.05, 4.69) is 27.2 Å². The number of imidazole rings is 1.